The summed E-state index contributed by atoms with van der Waals surface area (Å²) in [6.07, 6.45) is -2.14. The Kier molecular flexibility index (Phi) is 9.65. The molecular weight excluding hydrogens is 472 g/mol. The third-order valence-electron chi connectivity index (χ3n) is 4.70. The second-order valence-corrected chi connectivity index (χ2v) is 6.25. The van der Waals surface area contributed by atoms with E-state index in [1.54, 1.807) is 7.05 Å². The van der Waals surface area contributed by atoms with Crippen LogP contribution in [0, 0.1) is 0 Å². The Morgan fingerprint density at radius 1 is 1.33 bits per heavy atom. The number of aliphatic imine (C=N–C) groups is 1. The number of alkyl halides is 3. The highest BCUT2D eigenvalue weighted by Gasteiger charge is 2.33. The summed E-state index contributed by atoms with van der Waals surface area (Å²) in [7, 11) is 2.96. The van der Waals surface area contributed by atoms with E-state index < -0.39 is 11.7 Å². The van der Waals surface area contributed by atoms with Gasteiger partial charge in [-0.15, -0.1) is 24.0 Å². The van der Waals surface area contributed by atoms with Gasteiger partial charge in [-0.2, -0.15) is 13.2 Å². The van der Waals surface area contributed by atoms with Gasteiger partial charge < -0.3 is 15.4 Å². The first-order chi connectivity index (χ1) is 12.4. The summed E-state index contributed by atoms with van der Waals surface area (Å²) in [5, 5.41) is 6.19. The van der Waals surface area contributed by atoms with E-state index >= 15 is 0 Å². The summed E-state index contributed by atoms with van der Waals surface area (Å²) >= 11 is 0. The number of halogens is 4. The Morgan fingerprint density at radius 2 is 2.07 bits per heavy atom. The van der Waals surface area contributed by atoms with Gasteiger partial charge in [-0.05, 0) is 43.6 Å². The molecule has 5 nitrogen and oxygen atoms in total. The van der Waals surface area contributed by atoms with E-state index in [-0.39, 0.29) is 41.8 Å². The average molecular weight is 500 g/mol. The summed E-state index contributed by atoms with van der Waals surface area (Å²) < 4.78 is 44.7. The molecule has 2 rings (SSSR count). The second kappa shape index (κ2) is 10.9. The number of likely N-dealkylation sites (N-methyl/N-ethyl adjacent to an activating group) is 1. The van der Waals surface area contributed by atoms with Crippen LogP contribution in [0.25, 0.3) is 0 Å². The molecule has 1 heterocycles. The van der Waals surface area contributed by atoms with Crippen molar-refractivity contribution < 1.29 is 17.9 Å². The van der Waals surface area contributed by atoms with Gasteiger partial charge in [0.25, 0.3) is 0 Å². The summed E-state index contributed by atoms with van der Waals surface area (Å²) in [4.78, 5) is 6.50. The minimum absolute atomic E-state index is 0. The number of nitrogens with one attached hydrogen (secondary N) is 2. The van der Waals surface area contributed by atoms with E-state index in [4.69, 9.17) is 4.74 Å². The quantitative estimate of drug-likeness (QED) is 0.357. The molecule has 1 fully saturated rings. The largest absolute Gasteiger partial charge is 0.497 e. The van der Waals surface area contributed by atoms with Crippen molar-refractivity contribution in [3.8, 4) is 5.75 Å². The SMILES string of the molecule is CCN1CCCC1CNC(=NC)NCc1ccc(OC)cc1C(F)(F)F.I. The number of hydrogen-bond acceptors (Lipinski definition) is 3. The number of methoxy groups -OCH3 is 1. The first kappa shape index (κ1) is 23.8. The lowest BCUT2D eigenvalue weighted by Gasteiger charge is -2.24. The third kappa shape index (κ3) is 6.70. The predicted molar refractivity (Wildman–Crippen MR) is 112 cm³/mol. The van der Waals surface area contributed by atoms with Crippen LogP contribution in [-0.2, 0) is 12.7 Å². The zero-order chi connectivity index (χ0) is 19.2. The molecule has 154 valence electrons. The van der Waals surface area contributed by atoms with Gasteiger partial charge in [-0.1, -0.05) is 13.0 Å². The molecular formula is C18H28F3IN4O. The maximum atomic E-state index is 13.3. The van der Waals surface area contributed by atoms with Crippen LogP contribution < -0.4 is 15.4 Å². The normalized spacial score (nSPS) is 18.1. The maximum Gasteiger partial charge on any atom is 0.416 e. The molecule has 0 aromatic heterocycles. The van der Waals surface area contributed by atoms with Gasteiger partial charge in [0, 0.05) is 26.2 Å². The van der Waals surface area contributed by atoms with Gasteiger partial charge in [0.05, 0.1) is 12.7 Å². The molecule has 0 amide bonds. The van der Waals surface area contributed by atoms with Crippen molar-refractivity contribution in [1.82, 2.24) is 15.5 Å². The van der Waals surface area contributed by atoms with Gasteiger partial charge in [-0.25, -0.2) is 0 Å². The number of hydrogen-bond donors (Lipinski definition) is 2. The average Bonchev–Trinajstić information content (AvgIpc) is 3.08. The van der Waals surface area contributed by atoms with Crippen LogP contribution in [0.15, 0.2) is 23.2 Å². The van der Waals surface area contributed by atoms with Gasteiger partial charge in [0.15, 0.2) is 5.96 Å². The summed E-state index contributed by atoms with van der Waals surface area (Å²) in [5.41, 5.74) is -0.551. The Labute approximate surface area is 175 Å². The van der Waals surface area contributed by atoms with E-state index in [0.717, 1.165) is 32.1 Å². The summed E-state index contributed by atoms with van der Waals surface area (Å²) in [5.74, 6) is 0.682. The van der Waals surface area contributed by atoms with Crippen LogP contribution in [0.5, 0.6) is 5.75 Å². The van der Waals surface area contributed by atoms with E-state index in [1.165, 1.54) is 25.7 Å². The number of nitrogens with zero attached hydrogens (tertiary/aromatic N) is 2. The summed E-state index contributed by atoms with van der Waals surface area (Å²) in [6, 6.07) is 4.41. The van der Waals surface area contributed by atoms with Crippen molar-refractivity contribution >= 4 is 29.9 Å². The van der Waals surface area contributed by atoms with Crippen molar-refractivity contribution in [3.05, 3.63) is 29.3 Å². The van der Waals surface area contributed by atoms with E-state index in [2.05, 4.69) is 27.4 Å². The van der Waals surface area contributed by atoms with Crippen LogP contribution in [0.1, 0.15) is 30.9 Å². The highest BCUT2D eigenvalue weighted by Crippen LogP contribution is 2.34. The van der Waals surface area contributed by atoms with Crippen molar-refractivity contribution in [1.29, 1.82) is 0 Å². The monoisotopic (exact) mass is 500 g/mol. The number of likely N-dealkylation sites (tertiary alicyclic amines) is 1. The highest BCUT2D eigenvalue weighted by atomic mass is 127. The predicted octanol–water partition coefficient (Wildman–Crippen LogP) is 3.48. The molecule has 1 aliphatic rings. The molecule has 0 saturated carbocycles. The van der Waals surface area contributed by atoms with Crippen molar-refractivity contribution in [2.45, 2.75) is 38.5 Å². The lowest BCUT2D eigenvalue weighted by atomic mass is 10.1. The number of benzene rings is 1. The van der Waals surface area contributed by atoms with Gasteiger partial charge >= 0.3 is 6.18 Å². The fourth-order valence-electron chi connectivity index (χ4n) is 3.26. The molecule has 27 heavy (non-hydrogen) atoms. The Hall–Kier alpha value is -1.23. The molecule has 1 saturated heterocycles. The molecule has 0 bridgehead atoms. The lowest BCUT2D eigenvalue weighted by molar-refractivity contribution is -0.138. The van der Waals surface area contributed by atoms with Crippen molar-refractivity contribution in [3.63, 3.8) is 0 Å². The molecule has 1 atom stereocenters. The smallest absolute Gasteiger partial charge is 0.416 e. The fraction of sp³-hybridized carbons (Fsp3) is 0.611. The van der Waals surface area contributed by atoms with E-state index in [1.807, 2.05) is 0 Å². The fourth-order valence-corrected chi connectivity index (χ4v) is 3.26. The molecule has 0 aliphatic carbocycles. The minimum Gasteiger partial charge on any atom is -0.497 e. The molecule has 0 radical (unpaired) electrons. The standard InChI is InChI=1S/C18H27F3N4O.HI/c1-4-25-9-5-6-14(25)12-24-17(22-2)23-11-13-7-8-15(26-3)10-16(13)18(19,20)21;/h7-8,10,14H,4-6,9,11-12H2,1-3H3,(H2,22,23,24);1H. The number of ether oxygens (including phenoxy) is 1. The highest BCUT2D eigenvalue weighted by molar-refractivity contribution is 14.0. The third-order valence-corrected chi connectivity index (χ3v) is 4.70. The molecule has 0 spiro atoms. The molecule has 1 aromatic rings. The van der Waals surface area contributed by atoms with Gasteiger partial charge in [-0.3, -0.25) is 9.89 Å². The number of rotatable bonds is 6. The van der Waals surface area contributed by atoms with E-state index in [9.17, 15) is 13.2 Å². The van der Waals surface area contributed by atoms with Crippen LogP contribution in [0.4, 0.5) is 13.2 Å². The topological polar surface area (TPSA) is 48.9 Å². The van der Waals surface area contributed by atoms with Gasteiger partial charge in [0.1, 0.15) is 5.75 Å². The Bertz CT molecular complexity index is 625. The first-order valence-corrected chi connectivity index (χ1v) is 8.81. The maximum absolute atomic E-state index is 13.3. The Balaban J connectivity index is 0.00000364. The molecule has 1 aromatic carbocycles. The van der Waals surface area contributed by atoms with E-state index in [0.29, 0.717) is 12.0 Å². The minimum atomic E-state index is -4.44. The molecule has 9 heteroatoms. The zero-order valence-corrected chi connectivity index (χ0v) is 18.2. The van der Waals surface area contributed by atoms with Crippen LogP contribution in [0.2, 0.25) is 0 Å². The van der Waals surface area contributed by atoms with Crippen LogP contribution in [-0.4, -0.2) is 50.7 Å². The van der Waals surface area contributed by atoms with Crippen molar-refractivity contribution in [2.24, 2.45) is 4.99 Å². The molecule has 1 unspecified atom stereocenters. The van der Waals surface area contributed by atoms with Gasteiger partial charge in [0.2, 0.25) is 0 Å². The Morgan fingerprint density at radius 3 is 2.67 bits per heavy atom. The second-order valence-electron chi connectivity index (χ2n) is 6.25. The van der Waals surface area contributed by atoms with Crippen LogP contribution in [0.3, 0.4) is 0 Å². The van der Waals surface area contributed by atoms with Crippen LogP contribution >= 0.6 is 24.0 Å². The zero-order valence-electron chi connectivity index (χ0n) is 15.9. The summed E-state index contributed by atoms with van der Waals surface area (Å²) in [6.45, 7) is 4.98. The molecule has 2 N–H and O–H groups in total. The van der Waals surface area contributed by atoms with Crippen molar-refractivity contribution in [2.75, 3.05) is 33.8 Å². The lowest BCUT2D eigenvalue weighted by Crippen LogP contribution is -2.44. The first-order valence-electron chi connectivity index (χ1n) is 8.81. The number of guanidine groups is 1. The molecule has 1 aliphatic heterocycles.